The number of ether oxygens (including phenoxy) is 1. The molecule has 1 aromatic carbocycles. The van der Waals surface area contributed by atoms with E-state index in [0.29, 0.717) is 17.3 Å². The number of halogens is 1. The average Bonchev–Trinajstić information content (AvgIpc) is 2.99. The second kappa shape index (κ2) is 8.68. The van der Waals surface area contributed by atoms with Crippen LogP contribution in [0.5, 0.6) is 5.75 Å². The normalized spacial score (nSPS) is 12.2. The predicted octanol–water partition coefficient (Wildman–Crippen LogP) is 1.23. The van der Waals surface area contributed by atoms with Gasteiger partial charge in [0.05, 0.1) is 6.10 Å². The summed E-state index contributed by atoms with van der Waals surface area (Å²) < 4.78 is 7.05. The molecule has 1 heterocycles. The van der Waals surface area contributed by atoms with Crippen LogP contribution in [0, 0.1) is 0 Å². The Morgan fingerprint density at radius 2 is 2.25 bits per heavy atom. The van der Waals surface area contributed by atoms with Gasteiger partial charge < -0.3 is 20.1 Å². The van der Waals surface area contributed by atoms with Crippen molar-refractivity contribution < 1.29 is 14.6 Å². The third-order valence-corrected chi connectivity index (χ3v) is 3.34. The fraction of sp³-hybridized carbons (Fsp3) is 0.375. The van der Waals surface area contributed by atoms with E-state index in [1.54, 1.807) is 36.5 Å². The lowest BCUT2D eigenvalue weighted by atomic mass is 10.3. The quantitative estimate of drug-likeness (QED) is 0.747. The summed E-state index contributed by atoms with van der Waals surface area (Å²) in [6, 6.07) is 8.63. The van der Waals surface area contributed by atoms with Crippen LogP contribution in [0.25, 0.3) is 0 Å². The van der Waals surface area contributed by atoms with Gasteiger partial charge in [0, 0.05) is 24.3 Å². The van der Waals surface area contributed by atoms with E-state index in [0.717, 1.165) is 0 Å². The van der Waals surface area contributed by atoms with Gasteiger partial charge in [-0.1, -0.05) is 17.7 Å². The van der Waals surface area contributed by atoms with Crippen molar-refractivity contribution in [1.82, 2.24) is 20.0 Å². The molecule has 1 atom stereocenters. The largest absolute Gasteiger partial charge is 0.471 e. The molecule has 24 heavy (non-hydrogen) atoms. The van der Waals surface area contributed by atoms with Gasteiger partial charge in [0.15, 0.2) is 6.73 Å². The number of hydrogen-bond acceptors (Lipinski definition) is 5. The van der Waals surface area contributed by atoms with Gasteiger partial charge in [0.2, 0.25) is 0 Å². The molecule has 8 heteroatoms. The number of aliphatic hydroxyl groups excluding tert-OH is 1. The van der Waals surface area contributed by atoms with Crippen molar-refractivity contribution in [1.29, 1.82) is 0 Å². The van der Waals surface area contributed by atoms with Crippen molar-refractivity contribution in [3.8, 4) is 5.75 Å². The zero-order valence-corrected chi connectivity index (χ0v) is 14.4. The molecule has 0 aliphatic rings. The first-order chi connectivity index (χ1) is 11.4. The highest BCUT2D eigenvalue weighted by molar-refractivity contribution is 6.30. The fourth-order valence-electron chi connectivity index (χ4n) is 2.04. The molecular formula is C16H21ClN4O3. The summed E-state index contributed by atoms with van der Waals surface area (Å²) in [5.74, 6) is 0.283. The SMILES string of the molecule is CN(C)CC(O)CNC(=O)c1ccn(COc2cccc(Cl)c2)n1. The summed E-state index contributed by atoms with van der Waals surface area (Å²) >= 11 is 5.89. The Balaban J connectivity index is 1.82. The van der Waals surface area contributed by atoms with E-state index in [1.165, 1.54) is 4.68 Å². The maximum atomic E-state index is 12.0. The van der Waals surface area contributed by atoms with E-state index in [1.807, 2.05) is 19.0 Å². The third kappa shape index (κ3) is 5.84. The number of carbonyl (C=O) groups excluding carboxylic acids is 1. The number of aliphatic hydroxyl groups is 1. The van der Waals surface area contributed by atoms with Gasteiger partial charge in [-0.15, -0.1) is 0 Å². The zero-order valence-electron chi connectivity index (χ0n) is 13.6. The number of hydrogen-bond donors (Lipinski definition) is 2. The molecule has 0 aliphatic heterocycles. The lowest BCUT2D eigenvalue weighted by Gasteiger charge is -2.15. The van der Waals surface area contributed by atoms with Crippen LogP contribution in [-0.2, 0) is 6.73 Å². The van der Waals surface area contributed by atoms with Gasteiger partial charge in [-0.25, -0.2) is 4.68 Å². The second-order valence-electron chi connectivity index (χ2n) is 5.60. The van der Waals surface area contributed by atoms with E-state index in [-0.39, 0.29) is 24.9 Å². The lowest BCUT2D eigenvalue weighted by Crippen LogP contribution is -2.37. The number of nitrogens with zero attached hydrogens (tertiary/aromatic N) is 3. The van der Waals surface area contributed by atoms with Crippen molar-refractivity contribution >= 4 is 17.5 Å². The van der Waals surface area contributed by atoms with Crippen molar-refractivity contribution in [3.05, 3.63) is 47.2 Å². The van der Waals surface area contributed by atoms with Crippen molar-refractivity contribution in [2.45, 2.75) is 12.8 Å². The maximum Gasteiger partial charge on any atom is 0.271 e. The topological polar surface area (TPSA) is 79.6 Å². The van der Waals surface area contributed by atoms with Crippen LogP contribution >= 0.6 is 11.6 Å². The van der Waals surface area contributed by atoms with E-state index >= 15 is 0 Å². The average molecular weight is 353 g/mol. The number of carbonyl (C=O) groups is 1. The van der Waals surface area contributed by atoms with Gasteiger partial charge in [-0.2, -0.15) is 5.10 Å². The third-order valence-electron chi connectivity index (χ3n) is 3.11. The maximum absolute atomic E-state index is 12.0. The van der Waals surface area contributed by atoms with Crippen LogP contribution in [0.15, 0.2) is 36.5 Å². The predicted molar refractivity (Wildman–Crippen MR) is 91.2 cm³/mol. The Kier molecular flexibility index (Phi) is 6.60. The molecule has 0 aliphatic carbocycles. The molecule has 2 N–H and O–H groups in total. The monoisotopic (exact) mass is 352 g/mol. The minimum atomic E-state index is -0.628. The minimum absolute atomic E-state index is 0.164. The molecule has 1 unspecified atom stereocenters. The van der Waals surface area contributed by atoms with Crippen molar-refractivity contribution in [2.75, 3.05) is 27.2 Å². The summed E-state index contributed by atoms with van der Waals surface area (Å²) in [5.41, 5.74) is 0.266. The van der Waals surface area contributed by atoms with E-state index in [2.05, 4.69) is 10.4 Å². The summed E-state index contributed by atoms with van der Waals surface area (Å²) in [6.07, 6.45) is 1.02. The van der Waals surface area contributed by atoms with E-state index < -0.39 is 6.10 Å². The highest BCUT2D eigenvalue weighted by atomic mass is 35.5. The molecule has 0 bridgehead atoms. The molecule has 1 aromatic heterocycles. The first-order valence-electron chi connectivity index (χ1n) is 7.47. The molecule has 2 aromatic rings. The Morgan fingerprint density at radius 1 is 1.46 bits per heavy atom. The van der Waals surface area contributed by atoms with Crippen LogP contribution in [-0.4, -0.2) is 59.0 Å². The van der Waals surface area contributed by atoms with Gasteiger partial charge in [-0.3, -0.25) is 4.79 Å². The minimum Gasteiger partial charge on any atom is -0.471 e. The number of rotatable bonds is 8. The van der Waals surface area contributed by atoms with Crippen molar-refractivity contribution in [2.24, 2.45) is 0 Å². The Hall–Kier alpha value is -2.09. The summed E-state index contributed by atoms with van der Waals surface area (Å²) in [6.45, 7) is 0.808. The molecule has 0 radical (unpaired) electrons. The molecule has 2 rings (SSSR count). The first-order valence-corrected chi connectivity index (χ1v) is 7.84. The van der Waals surface area contributed by atoms with Crippen LogP contribution < -0.4 is 10.1 Å². The number of nitrogens with one attached hydrogen (secondary N) is 1. The molecule has 0 fully saturated rings. The van der Waals surface area contributed by atoms with Gasteiger partial charge in [0.1, 0.15) is 11.4 Å². The van der Waals surface area contributed by atoms with Crippen molar-refractivity contribution in [3.63, 3.8) is 0 Å². The highest BCUT2D eigenvalue weighted by Gasteiger charge is 2.12. The van der Waals surface area contributed by atoms with Gasteiger partial charge >= 0.3 is 0 Å². The van der Waals surface area contributed by atoms with Crippen LogP contribution in [0.2, 0.25) is 5.02 Å². The number of aromatic nitrogens is 2. The Bertz CT molecular complexity index is 675. The Labute approximate surface area is 145 Å². The zero-order chi connectivity index (χ0) is 17.5. The van der Waals surface area contributed by atoms with Gasteiger partial charge in [0.25, 0.3) is 5.91 Å². The van der Waals surface area contributed by atoms with E-state index in [4.69, 9.17) is 16.3 Å². The number of likely N-dealkylation sites (N-methyl/N-ethyl adjacent to an activating group) is 1. The summed E-state index contributed by atoms with van der Waals surface area (Å²) in [7, 11) is 3.71. The molecule has 0 saturated heterocycles. The first kappa shape index (κ1) is 18.3. The summed E-state index contributed by atoms with van der Waals surface area (Å²) in [5, 5.41) is 17.1. The number of benzene rings is 1. The van der Waals surface area contributed by atoms with Crippen LogP contribution in [0.4, 0.5) is 0 Å². The van der Waals surface area contributed by atoms with Crippen LogP contribution in [0.3, 0.4) is 0 Å². The smallest absolute Gasteiger partial charge is 0.271 e. The molecule has 0 spiro atoms. The lowest BCUT2D eigenvalue weighted by molar-refractivity contribution is 0.0885. The van der Waals surface area contributed by atoms with Gasteiger partial charge in [-0.05, 0) is 38.4 Å². The molecule has 0 saturated carbocycles. The highest BCUT2D eigenvalue weighted by Crippen LogP contribution is 2.17. The fourth-order valence-corrected chi connectivity index (χ4v) is 2.22. The number of amides is 1. The molecule has 130 valence electrons. The molecule has 1 amide bonds. The Morgan fingerprint density at radius 3 is 2.96 bits per heavy atom. The molecular weight excluding hydrogens is 332 g/mol. The second-order valence-corrected chi connectivity index (χ2v) is 6.03. The summed E-state index contributed by atoms with van der Waals surface area (Å²) in [4.78, 5) is 13.8. The van der Waals surface area contributed by atoms with E-state index in [9.17, 15) is 9.90 Å². The standard InChI is InChI=1S/C16H21ClN4O3/c1-20(2)10-13(22)9-18-16(23)15-6-7-21(19-15)11-24-14-5-3-4-12(17)8-14/h3-8,13,22H,9-11H2,1-2H3,(H,18,23). The molecule has 7 nitrogen and oxygen atoms in total. The van der Waals surface area contributed by atoms with Crippen LogP contribution in [0.1, 0.15) is 10.5 Å².